The third kappa shape index (κ3) is 4.69. The molecule has 0 unspecified atom stereocenters. The lowest BCUT2D eigenvalue weighted by atomic mass is 10.2. The number of hydrogen-bond acceptors (Lipinski definition) is 8. The van der Waals surface area contributed by atoms with Gasteiger partial charge in [0, 0.05) is 12.2 Å². The largest absolute Gasteiger partial charge is 0.410 e. The van der Waals surface area contributed by atoms with Crippen LogP contribution in [0.1, 0.15) is 67.0 Å². The topological polar surface area (TPSA) is 108 Å². The first-order valence-electron chi connectivity index (χ1n) is 12.2. The zero-order valence-corrected chi connectivity index (χ0v) is 22.5. The molecular formula is C23H39N5O3SSi. The van der Waals surface area contributed by atoms with Gasteiger partial charge in [0.2, 0.25) is 8.32 Å². The van der Waals surface area contributed by atoms with Gasteiger partial charge in [0.05, 0.1) is 18.1 Å². The summed E-state index contributed by atoms with van der Waals surface area (Å²) >= 11 is 1.72. The number of aliphatic hydroxyl groups is 1. The second-order valence-corrected chi connectivity index (χ2v) is 16.9. The molecule has 4 rings (SSSR count). The van der Waals surface area contributed by atoms with E-state index >= 15 is 0 Å². The van der Waals surface area contributed by atoms with Crippen molar-refractivity contribution in [3.05, 3.63) is 6.33 Å². The van der Waals surface area contributed by atoms with E-state index in [0.29, 0.717) is 34.5 Å². The van der Waals surface area contributed by atoms with Crippen LogP contribution in [0.5, 0.6) is 0 Å². The van der Waals surface area contributed by atoms with E-state index in [1.54, 1.807) is 11.8 Å². The summed E-state index contributed by atoms with van der Waals surface area (Å²) in [6, 6.07) is 0. The Kier molecular flexibility index (Phi) is 7.40. The number of thioether (sulfide) groups is 1. The number of hydrogen-bond donors (Lipinski definition) is 2. The molecule has 2 aliphatic rings. The van der Waals surface area contributed by atoms with Gasteiger partial charge in [-0.2, -0.15) is 5.10 Å². The lowest BCUT2D eigenvalue weighted by Crippen LogP contribution is -2.51. The van der Waals surface area contributed by atoms with Crippen molar-refractivity contribution >= 4 is 36.9 Å². The highest BCUT2D eigenvalue weighted by molar-refractivity contribution is 7.99. The molecule has 0 spiro atoms. The van der Waals surface area contributed by atoms with E-state index < -0.39 is 8.32 Å². The number of aliphatic hydroxyl groups excluding tert-OH is 1. The van der Waals surface area contributed by atoms with E-state index in [1.165, 1.54) is 19.2 Å². The van der Waals surface area contributed by atoms with Crippen LogP contribution in [0.4, 0.5) is 5.82 Å². The molecule has 0 amide bonds. The fourth-order valence-electron chi connectivity index (χ4n) is 5.55. The fraction of sp³-hybridized carbons (Fsp3) is 0.783. The van der Waals surface area contributed by atoms with Crippen LogP contribution in [-0.4, -0.2) is 57.7 Å². The van der Waals surface area contributed by atoms with Gasteiger partial charge in [0.15, 0.2) is 11.9 Å². The fourth-order valence-corrected chi connectivity index (χ4v) is 12.4. The molecule has 8 nitrogen and oxygen atoms in total. The summed E-state index contributed by atoms with van der Waals surface area (Å²) in [6.07, 6.45) is 3.74. The molecule has 1 saturated carbocycles. The van der Waals surface area contributed by atoms with Crippen LogP contribution >= 0.6 is 11.8 Å². The van der Waals surface area contributed by atoms with Crippen molar-refractivity contribution in [1.82, 2.24) is 19.7 Å². The number of aromatic nitrogens is 4. The lowest BCUT2D eigenvalue weighted by molar-refractivity contribution is -0.0458. The van der Waals surface area contributed by atoms with Crippen molar-refractivity contribution < 1.29 is 14.3 Å². The Morgan fingerprint density at radius 2 is 1.85 bits per heavy atom. The summed E-state index contributed by atoms with van der Waals surface area (Å²) in [4.78, 5) is 8.71. The van der Waals surface area contributed by atoms with Gasteiger partial charge >= 0.3 is 0 Å². The third-order valence-corrected chi connectivity index (χ3v) is 14.7. The highest BCUT2D eigenvalue weighted by atomic mass is 32.2. The summed E-state index contributed by atoms with van der Waals surface area (Å²) in [5, 5.41) is 16.7. The molecule has 0 radical (unpaired) electrons. The predicted molar refractivity (Wildman–Crippen MR) is 135 cm³/mol. The Morgan fingerprint density at radius 1 is 1.18 bits per heavy atom. The Morgan fingerprint density at radius 3 is 2.42 bits per heavy atom. The van der Waals surface area contributed by atoms with Gasteiger partial charge in [-0.1, -0.05) is 41.5 Å². The Bertz CT molecular complexity index is 943. The maximum atomic E-state index is 10.2. The van der Waals surface area contributed by atoms with Crippen LogP contribution in [0, 0.1) is 5.92 Å². The molecule has 3 atom stereocenters. The maximum absolute atomic E-state index is 10.2. The molecule has 184 valence electrons. The van der Waals surface area contributed by atoms with E-state index in [-0.39, 0.29) is 25.0 Å². The summed E-state index contributed by atoms with van der Waals surface area (Å²) in [6.45, 7) is 13.6. The van der Waals surface area contributed by atoms with E-state index in [2.05, 4.69) is 51.5 Å². The molecule has 2 fully saturated rings. The Balaban J connectivity index is 1.64. The van der Waals surface area contributed by atoms with Crippen molar-refractivity contribution in [2.75, 3.05) is 18.1 Å². The minimum absolute atomic E-state index is 0.0838. The van der Waals surface area contributed by atoms with Gasteiger partial charge in [-0.05, 0) is 35.4 Å². The van der Waals surface area contributed by atoms with Gasteiger partial charge in [-0.25, -0.2) is 14.6 Å². The molecule has 0 aromatic carbocycles. The van der Waals surface area contributed by atoms with Crippen LogP contribution in [0.3, 0.4) is 0 Å². The van der Waals surface area contributed by atoms with E-state index in [4.69, 9.17) is 20.0 Å². The average Bonchev–Trinajstić information content (AvgIpc) is 3.38. The van der Waals surface area contributed by atoms with Crippen LogP contribution in [0.2, 0.25) is 16.6 Å². The highest BCUT2D eigenvalue weighted by Crippen LogP contribution is 2.46. The molecule has 0 bridgehead atoms. The standard InChI is InChI=1S/C23H39N5O3SSi/c1-13(2)33(14(3)4,15(5)6)31-17-9-19(30-18(17)10-29)28-22-20(21(24)25-12-26-22)23(27-28)32-11-16-7-8-16/h12-19,29H,7-11H2,1-6H3,(H2,24,25,26)/t17-,18-,19-/m1/s1. The Labute approximate surface area is 202 Å². The zero-order chi connectivity index (χ0) is 23.9. The molecule has 1 aliphatic carbocycles. The number of fused-ring (bicyclic) bond motifs is 1. The first kappa shape index (κ1) is 24.9. The molecule has 2 aromatic rings. The van der Waals surface area contributed by atoms with Crippen molar-refractivity contribution in [2.45, 2.75) is 101 Å². The van der Waals surface area contributed by atoms with Crippen LogP contribution in [0.25, 0.3) is 11.0 Å². The van der Waals surface area contributed by atoms with Crippen molar-refractivity contribution in [2.24, 2.45) is 5.92 Å². The third-order valence-electron chi connectivity index (χ3n) is 7.33. The van der Waals surface area contributed by atoms with E-state index in [9.17, 15) is 5.11 Å². The molecule has 2 aromatic heterocycles. The molecule has 10 heteroatoms. The minimum Gasteiger partial charge on any atom is -0.410 e. The second-order valence-electron chi connectivity index (χ2n) is 10.5. The smallest absolute Gasteiger partial charge is 0.200 e. The molecule has 3 heterocycles. The first-order valence-corrected chi connectivity index (χ1v) is 15.4. The van der Waals surface area contributed by atoms with Gasteiger partial charge in [-0.15, -0.1) is 11.8 Å². The molecule has 3 N–H and O–H groups in total. The normalized spacial score (nSPS) is 24.1. The van der Waals surface area contributed by atoms with Gasteiger partial charge in [-0.3, -0.25) is 0 Å². The molecule has 1 saturated heterocycles. The van der Waals surface area contributed by atoms with Gasteiger partial charge in [0.25, 0.3) is 0 Å². The Hall–Kier alpha value is -1.20. The van der Waals surface area contributed by atoms with Crippen molar-refractivity contribution in [3.8, 4) is 0 Å². The van der Waals surface area contributed by atoms with Gasteiger partial charge in [0.1, 0.15) is 23.3 Å². The monoisotopic (exact) mass is 493 g/mol. The number of nitrogens with two attached hydrogens (primary N) is 1. The second kappa shape index (κ2) is 9.81. The predicted octanol–water partition coefficient (Wildman–Crippen LogP) is 4.75. The van der Waals surface area contributed by atoms with Crippen LogP contribution in [-0.2, 0) is 9.16 Å². The zero-order valence-electron chi connectivity index (χ0n) is 20.7. The van der Waals surface area contributed by atoms with E-state index in [0.717, 1.165) is 22.1 Å². The first-order chi connectivity index (χ1) is 15.7. The maximum Gasteiger partial charge on any atom is 0.200 e. The average molecular weight is 494 g/mol. The number of anilines is 1. The number of nitrogens with zero attached hydrogens (tertiary/aromatic N) is 4. The SMILES string of the molecule is CC(C)[Si](O[C@@H]1C[C@H](n2nc(SCC3CC3)c3c(N)ncnc32)O[C@@H]1CO)(C(C)C)C(C)C. The highest BCUT2D eigenvalue weighted by Gasteiger charge is 2.50. The molecule has 33 heavy (non-hydrogen) atoms. The van der Waals surface area contributed by atoms with Crippen LogP contribution < -0.4 is 5.73 Å². The van der Waals surface area contributed by atoms with Crippen molar-refractivity contribution in [1.29, 1.82) is 0 Å². The quantitative estimate of drug-likeness (QED) is 0.360. The number of ether oxygens (including phenoxy) is 1. The van der Waals surface area contributed by atoms with Crippen LogP contribution in [0.15, 0.2) is 11.4 Å². The molecular weight excluding hydrogens is 454 g/mol. The van der Waals surface area contributed by atoms with Crippen molar-refractivity contribution in [3.63, 3.8) is 0 Å². The number of rotatable bonds is 10. The summed E-state index contributed by atoms with van der Waals surface area (Å²) in [5.41, 5.74) is 8.29. The lowest BCUT2D eigenvalue weighted by Gasteiger charge is -2.44. The van der Waals surface area contributed by atoms with E-state index in [1.807, 2.05) is 4.68 Å². The number of nitrogen functional groups attached to an aromatic ring is 1. The minimum atomic E-state index is -2.13. The summed E-state index contributed by atoms with van der Waals surface area (Å²) in [5.74, 6) is 2.24. The summed E-state index contributed by atoms with van der Waals surface area (Å²) < 4.78 is 15.2. The molecule has 1 aliphatic heterocycles. The van der Waals surface area contributed by atoms with Gasteiger partial charge < -0.3 is 20.0 Å². The summed E-state index contributed by atoms with van der Waals surface area (Å²) in [7, 11) is -2.13.